The number of carbonyl (C=O) groups excluding carboxylic acids is 1. The second-order valence-electron chi connectivity index (χ2n) is 11.7. The lowest BCUT2D eigenvalue weighted by Crippen LogP contribution is -2.49. The number of anilines is 1. The zero-order chi connectivity index (χ0) is 32.5. The number of fused-ring (bicyclic) bond motifs is 1. The van der Waals surface area contributed by atoms with Crippen LogP contribution >= 0.6 is 7.75 Å². The molecule has 15 nitrogen and oxygen atoms in total. The van der Waals surface area contributed by atoms with Gasteiger partial charge in [-0.05, 0) is 38.3 Å². The molecular weight excluding hydrogens is 602 g/mol. The Morgan fingerprint density at radius 1 is 1.30 bits per heavy atom. The zero-order valence-corrected chi connectivity index (χ0v) is 26.2. The number of aliphatic hydroxyl groups excluding tert-OH is 1. The summed E-state index contributed by atoms with van der Waals surface area (Å²) in [4.78, 5) is 24.9. The van der Waals surface area contributed by atoms with Crippen molar-refractivity contribution < 1.29 is 47.2 Å². The van der Waals surface area contributed by atoms with E-state index in [0.717, 1.165) is 11.5 Å². The highest BCUT2D eigenvalue weighted by molar-refractivity contribution is 7.52. The molecule has 242 valence electrons. The van der Waals surface area contributed by atoms with Gasteiger partial charge in [0.2, 0.25) is 11.8 Å². The number of alkyl halides is 1. The van der Waals surface area contributed by atoms with Gasteiger partial charge in [-0.3, -0.25) is 13.9 Å². The topological polar surface area (TPSA) is 202 Å². The first kappa shape index (κ1) is 33.5. The number of rotatable bonds is 12. The Kier molecular flexibility index (Phi) is 9.54. The number of halogens is 1. The SMILES string of the molecule is CCOc1nc(N)nc2c1ncn2C1O[C@](F)(COP(=O)(N[C@@H](C)C(=O)OCC(C)(C)C)Oc2ccccc2)[C@@H](O)[C@@]1(C)O. The van der Waals surface area contributed by atoms with Crippen molar-refractivity contribution in [3.8, 4) is 11.6 Å². The van der Waals surface area contributed by atoms with Crippen molar-refractivity contribution >= 4 is 30.8 Å². The van der Waals surface area contributed by atoms with Crippen LogP contribution in [0.3, 0.4) is 0 Å². The molecule has 1 aliphatic rings. The molecule has 4 rings (SSSR count). The van der Waals surface area contributed by atoms with Gasteiger partial charge in [0.15, 0.2) is 17.4 Å². The van der Waals surface area contributed by atoms with E-state index >= 15 is 4.39 Å². The number of hydrogen-bond acceptors (Lipinski definition) is 13. The number of nitrogen functional groups attached to an aromatic ring is 1. The van der Waals surface area contributed by atoms with Gasteiger partial charge in [0.1, 0.15) is 30.1 Å². The van der Waals surface area contributed by atoms with Crippen LogP contribution in [-0.4, -0.2) is 79.1 Å². The van der Waals surface area contributed by atoms with E-state index in [1.807, 2.05) is 20.8 Å². The first-order valence-electron chi connectivity index (χ1n) is 13.8. The minimum absolute atomic E-state index is 0.0333. The molecule has 2 aromatic heterocycles. The summed E-state index contributed by atoms with van der Waals surface area (Å²) < 4.78 is 58.7. The number of hydrogen-bond donors (Lipinski definition) is 4. The molecule has 1 saturated heterocycles. The molecule has 1 fully saturated rings. The zero-order valence-electron chi connectivity index (χ0n) is 25.3. The molecule has 6 atom stereocenters. The van der Waals surface area contributed by atoms with Gasteiger partial charge in [-0.1, -0.05) is 39.0 Å². The van der Waals surface area contributed by atoms with E-state index in [1.54, 1.807) is 25.1 Å². The Labute approximate surface area is 253 Å². The molecule has 0 saturated carbocycles. The fraction of sp³-hybridized carbons (Fsp3) is 0.556. The normalized spacial score (nSPS) is 25.8. The Balaban J connectivity index is 1.59. The molecule has 1 aliphatic heterocycles. The number of nitrogens with zero attached hydrogens (tertiary/aromatic N) is 4. The summed E-state index contributed by atoms with van der Waals surface area (Å²) in [6.07, 6.45) is -2.66. The van der Waals surface area contributed by atoms with Crippen LogP contribution in [0.25, 0.3) is 11.2 Å². The second kappa shape index (κ2) is 12.5. The molecule has 3 heterocycles. The first-order chi connectivity index (χ1) is 20.5. The molecule has 0 bridgehead atoms. The van der Waals surface area contributed by atoms with E-state index < -0.39 is 50.2 Å². The number of nitrogens with two attached hydrogens (primary N) is 1. The maximum Gasteiger partial charge on any atom is 0.459 e. The monoisotopic (exact) mass is 640 g/mol. The van der Waals surface area contributed by atoms with Gasteiger partial charge in [-0.15, -0.1) is 0 Å². The van der Waals surface area contributed by atoms with Gasteiger partial charge < -0.3 is 34.7 Å². The van der Waals surface area contributed by atoms with Crippen LogP contribution in [0, 0.1) is 5.41 Å². The highest BCUT2D eigenvalue weighted by Crippen LogP contribution is 2.51. The Morgan fingerprint density at radius 3 is 2.61 bits per heavy atom. The number of aliphatic hydroxyl groups is 2. The lowest BCUT2D eigenvalue weighted by molar-refractivity contribution is -0.202. The average Bonchev–Trinajstić information content (AvgIpc) is 3.43. The van der Waals surface area contributed by atoms with Crippen molar-refractivity contribution in [1.82, 2.24) is 24.6 Å². The Bertz CT molecular complexity index is 1520. The number of carbonyl (C=O) groups is 1. The maximum absolute atomic E-state index is 16.4. The maximum atomic E-state index is 16.4. The third-order valence-electron chi connectivity index (χ3n) is 6.46. The summed E-state index contributed by atoms with van der Waals surface area (Å²) in [6.45, 7) is 8.96. The van der Waals surface area contributed by atoms with Crippen LogP contribution in [0.4, 0.5) is 10.3 Å². The number of nitrogens with one attached hydrogen (secondary N) is 1. The molecule has 0 spiro atoms. The molecule has 0 aliphatic carbocycles. The van der Waals surface area contributed by atoms with E-state index in [1.165, 1.54) is 25.4 Å². The number of benzene rings is 1. The van der Waals surface area contributed by atoms with E-state index in [4.69, 9.17) is 29.0 Å². The summed E-state index contributed by atoms with van der Waals surface area (Å²) in [7, 11) is -4.56. The standard InChI is InChI=1S/C27H38FN6O9P/c1-7-39-20-18-19(31-24(29)32-20)34(15-30-18)23-26(6,37)22(36)27(28,42-23)14-41-44(38,43-17-11-9-8-10-12-17)33-16(2)21(35)40-13-25(3,4)5/h8-12,15-16,22-23,36-37H,7,13-14H2,1-6H3,(H,33,38)(H2,29,31,32)/t16-,22-,23?,26+,27+,44?/m0/s1. The largest absolute Gasteiger partial charge is 0.476 e. The number of esters is 1. The minimum Gasteiger partial charge on any atom is -0.476 e. The van der Waals surface area contributed by atoms with Gasteiger partial charge in [-0.2, -0.15) is 15.1 Å². The third-order valence-corrected chi connectivity index (χ3v) is 8.09. The quantitative estimate of drug-likeness (QED) is 0.166. The van der Waals surface area contributed by atoms with Crippen LogP contribution in [0.1, 0.15) is 47.8 Å². The number of imidazole rings is 1. The van der Waals surface area contributed by atoms with E-state index in [0.29, 0.717) is 0 Å². The first-order valence-corrected chi connectivity index (χ1v) is 15.4. The van der Waals surface area contributed by atoms with Crippen molar-refractivity contribution in [3.05, 3.63) is 36.7 Å². The van der Waals surface area contributed by atoms with Crippen molar-refractivity contribution in [1.29, 1.82) is 0 Å². The molecular formula is C27H38FN6O9P. The van der Waals surface area contributed by atoms with Gasteiger partial charge in [0.25, 0.3) is 5.85 Å². The molecule has 44 heavy (non-hydrogen) atoms. The summed E-state index contributed by atoms with van der Waals surface area (Å²) in [5.74, 6) is -3.94. The van der Waals surface area contributed by atoms with Gasteiger partial charge in [0.05, 0.1) is 19.5 Å². The van der Waals surface area contributed by atoms with Gasteiger partial charge in [0, 0.05) is 0 Å². The van der Waals surface area contributed by atoms with Crippen LogP contribution in [-0.2, 0) is 23.4 Å². The fourth-order valence-electron chi connectivity index (χ4n) is 4.29. The molecule has 1 aromatic carbocycles. The number of para-hydroxylation sites is 1. The lowest BCUT2D eigenvalue weighted by atomic mass is 9.95. The van der Waals surface area contributed by atoms with Crippen LogP contribution in [0.15, 0.2) is 36.7 Å². The van der Waals surface area contributed by atoms with Crippen LogP contribution in [0.2, 0.25) is 0 Å². The summed E-state index contributed by atoms with van der Waals surface area (Å²) in [5.41, 5.74) is 3.38. The smallest absolute Gasteiger partial charge is 0.459 e. The predicted molar refractivity (Wildman–Crippen MR) is 155 cm³/mol. The lowest BCUT2D eigenvalue weighted by Gasteiger charge is -2.29. The van der Waals surface area contributed by atoms with E-state index in [2.05, 4.69) is 20.0 Å². The van der Waals surface area contributed by atoms with Gasteiger partial charge in [-0.25, -0.2) is 13.9 Å². The summed E-state index contributed by atoms with van der Waals surface area (Å²) in [5, 5.41) is 24.6. The summed E-state index contributed by atoms with van der Waals surface area (Å²) in [6, 6.07) is 6.63. The molecule has 2 unspecified atom stereocenters. The Hall–Kier alpha value is -3.40. The Morgan fingerprint density at radius 2 is 1.98 bits per heavy atom. The summed E-state index contributed by atoms with van der Waals surface area (Å²) >= 11 is 0. The fourth-order valence-corrected chi connectivity index (χ4v) is 5.80. The minimum atomic E-state index is -4.56. The molecule has 0 radical (unpaired) electrons. The highest BCUT2D eigenvalue weighted by atomic mass is 31.2. The number of ether oxygens (including phenoxy) is 3. The van der Waals surface area contributed by atoms with Crippen LogP contribution < -0.4 is 20.1 Å². The highest BCUT2D eigenvalue weighted by Gasteiger charge is 2.64. The van der Waals surface area contributed by atoms with Crippen molar-refractivity contribution in [2.45, 2.75) is 71.4 Å². The van der Waals surface area contributed by atoms with Crippen molar-refractivity contribution in [2.75, 3.05) is 25.6 Å². The van der Waals surface area contributed by atoms with Crippen molar-refractivity contribution in [3.63, 3.8) is 0 Å². The predicted octanol–water partition coefficient (Wildman–Crippen LogP) is 2.88. The van der Waals surface area contributed by atoms with Gasteiger partial charge >= 0.3 is 13.7 Å². The molecule has 3 aromatic rings. The molecule has 5 N–H and O–H groups in total. The number of aromatic nitrogens is 4. The molecule has 0 amide bonds. The van der Waals surface area contributed by atoms with Crippen molar-refractivity contribution in [2.24, 2.45) is 5.41 Å². The average molecular weight is 641 g/mol. The molecule has 17 heteroatoms. The van der Waals surface area contributed by atoms with E-state index in [-0.39, 0.29) is 47.4 Å². The second-order valence-corrected chi connectivity index (χ2v) is 13.4. The van der Waals surface area contributed by atoms with Crippen LogP contribution in [0.5, 0.6) is 11.6 Å². The third kappa shape index (κ3) is 7.28. The van der Waals surface area contributed by atoms with E-state index in [9.17, 15) is 19.6 Å².